The van der Waals surface area contributed by atoms with Gasteiger partial charge in [-0.3, -0.25) is 9.59 Å². The highest BCUT2D eigenvalue weighted by Gasteiger charge is 2.36. The van der Waals surface area contributed by atoms with Crippen molar-refractivity contribution in [1.82, 2.24) is 4.72 Å². The average Bonchev–Trinajstić information content (AvgIpc) is 3.26. The van der Waals surface area contributed by atoms with Crippen LogP contribution in [0.3, 0.4) is 0 Å². The van der Waals surface area contributed by atoms with E-state index < -0.39 is 49.4 Å². The number of hydrogen-bond acceptors (Lipinski definition) is 9. The van der Waals surface area contributed by atoms with Crippen LogP contribution in [-0.4, -0.2) is 40.5 Å². The van der Waals surface area contributed by atoms with Gasteiger partial charge in [0.15, 0.2) is 0 Å². The molecule has 0 spiro atoms. The van der Waals surface area contributed by atoms with Gasteiger partial charge in [-0.15, -0.1) is 15.7 Å². The molecule has 2 aliphatic rings. The molecule has 0 saturated carbocycles. The molecule has 1 aromatic heterocycles. The molecule has 0 radical (unpaired) electrons. The van der Waals surface area contributed by atoms with Crippen LogP contribution in [-0.2, 0) is 31.3 Å². The van der Waals surface area contributed by atoms with Gasteiger partial charge in [-0.2, -0.15) is 8.42 Å². The molecule has 5 rings (SSSR count). The summed E-state index contributed by atoms with van der Waals surface area (Å²) >= 11 is 0.963. The van der Waals surface area contributed by atoms with Crippen molar-refractivity contribution >= 4 is 72.1 Å². The second-order valence-electron chi connectivity index (χ2n) is 8.58. The molecule has 3 aromatic rings. The van der Waals surface area contributed by atoms with Crippen LogP contribution < -0.4 is 20.3 Å². The first-order chi connectivity index (χ1) is 18.2. The van der Waals surface area contributed by atoms with Crippen LogP contribution in [0.4, 0.5) is 26.2 Å². The maximum absolute atomic E-state index is 15.1. The third-order valence-corrected chi connectivity index (χ3v) is 9.97. The lowest BCUT2D eigenvalue weighted by Crippen LogP contribution is -2.43. The largest absolute Gasteiger partial charge is 0.342 e. The number of benzene rings is 2. The van der Waals surface area contributed by atoms with Gasteiger partial charge in [0.2, 0.25) is 5.91 Å². The fourth-order valence-corrected chi connectivity index (χ4v) is 7.45. The van der Waals surface area contributed by atoms with Gasteiger partial charge in [0.05, 0.1) is 17.8 Å². The zero-order valence-electron chi connectivity index (χ0n) is 20.1. The van der Waals surface area contributed by atoms with E-state index in [1.165, 1.54) is 25.1 Å². The van der Waals surface area contributed by atoms with Gasteiger partial charge >= 0.3 is 6.03 Å². The van der Waals surface area contributed by atoms with Crippen molar-refractivity contribution in [1.29, 1.82) is 0 Å². The molecule has 39 heavy (non-hydrogen) atoms. The molecular formula is C23H18FN5O7S3. The smallest absolute Gasteiger partial charge is 0.333 e. The summed E-state index contributed by atoms with van der Waals surface area (Å²) < 4.78 is 70.0. The van der Waals surface area contributed by atoms with Gasteiger partial charge in [-0.05, 0) is 61.9 Å². The molecule has 0 saturated heterocycles. The normalized spacial score (nSPS) is 16.1. The second kappa shape index (κ2) is 9.25. The quantitative estimate of drug-likeness (QED) is 0.389. The summed E-state index contributed by atoms with van der Waals surface area (Å²) in [6, 6.07) is 7.29. The predicted molar refractivity (Wildman–Crippen MR) is 141 cm³/mol. The summed E-state index contributed by atoms with van der Waals surface area (Å²) in [6.07, 6.45) is -0.311. The molecule has 0 fully saturated rings. The SMILES string of the molecule is CC1=NS(=O)(=O)c2cc3c(cc2N1)CC(=O)N(c1ccc(NC(=O)NS(=O)(=O)c2ccc(C)s2)cc1F)C3=O. The van der Waals surface area contributed by atoms with E-state index in [-0.39, 0.29) is 43.9 Å². The Morgan fingerprint density at radius 1 is 1.13 bits per heavy atom. The number of rotatable bonds is 4. The highest BCUT2D eigenvalue weighted by Crippen LogP contribution is 2.35. The van der Waals surface area contributed by atoms with E-state index in [2.05, 4.69) is 15.0 Å². The van der Waals surface area contributed by atoms with Crippen LogP contribution in [0, 0.1) is 12.7 Å². The summed E-state index contributed by atoms with van der Waals surface area (Å²) in [4.78, 5) is 39.4. The van der Waals surface area contributed by atoms with Gasteiger partial charge in [0.1, 0.15) is 20.8 Å². The lowest BCUT2D eigenvalue weighted by molar-refractivity contribution is -0.117. The van der Waals surface area contributed by atoms with Crippen molar-refractivity contribution in [3.63, 3.8) is 0 Å². The first kappa shape index (κ1) is 26.5. The van der Waals surface area contributed by atoms with E-state index in [4.69, 9.17) is 0 Å². The molecule has 3 N–H and O–H groups in total. The third-order valence-electron chi connectivity index (χ3n) is 5.73. The van der Waals surface area contributed by atoms with E-state index in [1.807, 2.05) is 4.72 Å². The number of imide groups is 1. The van der Waals surface area contributed by atoms with Gasteiger partial charge in [-0.1, -0.05) is 0 Å². The van der Waals surface area contributed by atoms with Crippen LogP contribution in [0.5, 0.6) is 0 Å². The Bertz CT molecular complexity index is 1850. The molecule has 12 nitrogen and oxygen atoms in total. The monoisotopic (exact) mass is 591 g/mol. The number of nitrogens with zero attached hydrogens (tertiary/aromatic N) is 2. The molecule has 202 valence electrons. The number of carbonyl (C=O) groups is 3. The Morgan fingerprint density at radius 2 is 1.87 bits per heavy atom. The number of carbonyl (C=O) groups excluding carboxylic acids is 3. The number of urea groups is 1. The molecule has 3 heterocycles. The Labute approximate surface area is 225 Å². The second-order valence-corrected chi connectivity index (χ2v) is 13.4. The van der Waals surface area contributed by atoms with Gasteiger partial charge in [0.25, 0.3) is 26.0 Å². The summed E-state index contributed by atoms with van der Waals surface area (Å²) in [5.74, 6) is -2.64. The maximum atomic E-state index is 15.1. The molecule has 2 aromatic carbocycles. The number of halogens is 1. The maximum Gasteiger partial charge on any atom is 0.333 e. The van der Waals surface area contributed by atoms with Gasteiger partial charge in [0, 0.05) is 16.1 Å². The standard InChI is InChI=1S/C23H18FN5O7S3/c1-11-3-6-21(37-11)39(35,36)28-23(32)26-14-4-5-18(16(24)9-14)29-20(30)8-13-7-17-19(10-15(13)22(29)31)38(33,34)27-12(2)25-17/h3-7,9-10H,8H2,1-2H3,(H,25,27)(H2,26,28,32). The Morgan fingerprint density at radius 3 is 2.54 bits per heavy atom. The first-order valence-corrected chi connectivity index (χ1v) is 14.8. The minimum absolute atomic E-state index is 0.0779. The van der Waals surface area contributed by atoms with Crippen molar-refractivity contribution in [3.05, 3.63) is 64.3 Å². The zero-order valence-corrected chi connectivity index (χ0v) is 22.6. The minimum atomic E-state index is -4.15. The van der Waals surface area contributed by atoms with Crippen LogP contribution in [0.15, 0.2) is 56.0 Å². The minimum Gasteiger partial charge on any atom is -0.342 e. The predicted octanol–water partition coefficient (Wildman–Crippen LogP) is 2.97. The topological polar surface area (TPSA) is 171 Å². The molecule has 4 amide bonds. The van der Waals surface area contributed by atoms with Gasteiger partial charge < -0.3 is 10.6 Å². The molecule has 0 atom stereocenters. The molecule has 0 unspecified atom stereocenters. The Balaban J connectivity index is 1.39. The lowest BCUT2D eigenvalue weighted by Gasteiger charge is -2.29. The molecule has 0 bridgehead atoms. The summed E-state index contributed by atoms with van der Waals surface area (Å²) in [7, 11) is -8.24. The van der Waals surface area contributed by atoms with Gasteiger partial charge in [-0.25, -0.2) is 27.2 Å². The Kier molecular flexibility index (Phi) is 6.27. The zero-order chi connectivity index (χ0) is 28.3. The van der Waals surface area contributed by atoms with E-state index in [0.29, 0.717) is 4.90 Å². The number of thiophene rings is 1. The Hall–Kier alpha value is -4.15. The number of amidine groups is 1. The number of nitrogens with one attached hydrogen (secondary N) is 3. The highest BCUT2D eigenvalue weighted by atomic mass is 32.2. The molecule has 2 aliphatic heterocycles. The summed E-state index contributed by atoms with van der Waals surface area (Å²) in [6.45, 7) is 3.15. The van der Waals surface area contributed by atoms with E-state index in [1.54, 1.807) is 13.0 Å². The number of anilines is 3. The number of sulfonamides is 2. The lowest BCUT2D eigenvalue weighted by atomic mass is 9.97. The highest BCUT2D eigenvalue weighted by molar-refractivity contribution is 7.92. The van der Waals surface area contributed by atoms with E-state index in [0.717, 1.165) is 34.4 Å². The van der Waals surface area contributed by atoms with Crippen molar-refractivity contribution < 1.29 is 35.6 Å². The van der Waals surface area contributed by atoms with Crippen LogP contribution in [0.1, 0.15) is 27.7 Å². The van der Waals surface area contributed by atoms with E-state index in [9.17, 15) is 31.2 Å². The average molecular weight is 592 g/mol. The summed E-state index contributed by atoms with van der Waals surface area (Å²) in [5, 5.41) is 4.98. The van der Waals surface area contributed by atoms with Crippen LogP contribution in [0.2, 0.25) is 0 Å². The summed E-state index contributed by atoms with van der Waals surface area (Å²) in [5.41, 5.74) is -0.260. The fourth-order valence-electron chi connectivity index (χ4n) is 4.10. The first-order valence-electron chi connectivity index (χ1n) is 11.1. The molecular weight excluding hydrogens is 573 g/mol. The van der Waals surface area contributed by atoms with Crippen molar-refractivity contribution in [2.75, 3.05) is 15.5 Å². The number of fused-ring (bicyclic) bond motifs is 2. The third kappa shape index (κ3) is 4.88. The van der Waals surface area contributed by atoms with Crippen LogP contribution in [0.25, 0.3) is 0 Å². The van der Waals surface area contributed by atoms with Crippen LogP contribution >= 0.6 is 11.3 Å². The number of hydrogen-bond donors (Lipinski definition) is 3. The van der Waals surface area contributed by atoms with E-state index >= 15 is 4.39 Å². The molecule has 0 aliphatic carbocycles. The van der Waals surface area contributed by atoms with Crippen molar-refractivity contribution in [2.45, 2.75) is 29.4 Å². The van der Waals surface area contributed by atoms with Crippen molar-refractivity contribution in [3.8, 4) is 0 Å². The number of amides is 4. The number of aryl methyl sites for hydroxylation is 1. The fraction of sp³-hybridized carbons (Fsp3) is 0.130. The van der Waals surface area contributed by atoms with Crippen molar-refractivity contribution in [2.24, 2.45) is 4.40 Å². The molecule has 16 heteroatoms.